The Bertz CT molecular complexity index is 2240. The molecule has 0 saturated heterocycles. The fourth-order valence-corrected chi connectivity index (χ4v) is 5.47. The molecule has 8 aromatic rings. The van der Waals surface area contributed by atoms with Gasteiger partial charge in [-0.1, -0.05) is 91.0 Å². The van der Waals surface area contributed by atoms with Crippen LogP contribution in [-0.2, 0) is 0 Å². The number of rotatable bonds is 3. The van der Waals surface area contributed by atoms with Gasteiger partial charge in [0, 0.05) is 27.5 Å². The minimum Gasteiger partial charge on any atom is -0.452 e. The van der Waals surface area contributed by atoms with Gasteiger partial charge in [-0.25, -0.2) is 19.9 Å². The summed E-state index contributed by atoms with van der Waals surface area (Å²) in [5, 5.41) is 4.47. The highest BCUT2D eigenvalue weighted by Crippen LogP contribution is 2.36. The smallest absolute Gasteiger partial charge is 0.223 e. The van der Waals surface area contributed by atoms with Crippen LogP contribution in [0.25, 0.3) is 77.6 Å². The predicted octanol–water partition coefficient (Wildman–Crippen LogP) is 9.13. The number of hydrogen-bond donors (Lipinski definition) is 0. The van der Waals surface area contributed by atoms with E-state index < -0.39 is 0 Å². The van der Waals surface area contributed by atoms with Crippen LogP contribution in [0.15, 0.2) is 120 Å². The minimum atomic E-state index is 0.177. The Morgan fingerprint density at radius 1 is 0.525 bits per heavy atom. The lowest BCUT2D eigenvalue weighted by atomic mass is 10.0. The van der Waals surface area contributed by atoms with E-state index in [2.05, 4.69) is 58.5 Å². The van der Waals surface area contributed by atoms with E-state index in [1.165, 1.54) is 10.8 Å². The first-order valence-corrected chi connectivity index (χ1v) is 13.3. The molecule has 0 atom stereocenters. The van der Waals surface area contributed by atoms with Crippen molar-refractivity contribution in [1.82, 2.24) is 19.9 Å². The number of aromatic nitrogens is 4. The van der Waals surface area contributed by atoms with Gasteiger partial charge >= 0.3 is 0 Å². The maximum absolute atomic E-state index is 6.34. The Kier molecular flexibility index (Phi) is 5.12. The van der Waals surface area contributed by atoms with Gasteiger partial charge in [0.05, 0.1) is 11.2 Å². The maximum atomic E-state index is 6.34. The second-order valence-corrected chi connectivity index (χ2v) is 10.0. The van der Waals surface area contributed by atoms with E-state index in [-0.39, 0.29) is 5.28 Å². The van der Waals surface area contributed by atoms with Gasteiger partial charge in [-0.05, 0) is 46.6 Å². The second kappa shape index (κ2) is 8.97. The van der Waals surface area contributed by atoms with Gasteiger partial charge in [-0.2, -0.15) is 0 Å². The van der Waals surface area contributed by atoms with Gasteiger partial charge in [-0.3, -0.25) is 0 Å². The average Bonchev–Trinajstić information content (AvgIpc) is 3.38. The third kappa shape index (κ3) is 3.71. The molecule has 0 spiro atoms. The number of fused-ring (bicyclic) bond motifs is 5. The Morgan fingerprint density at radius 3 is 2.10 bits per heavy atom. The minimum absolute atomic E-state index is 0.177. The quantitative estimate of drug-likeness (QED) is 0.211. The zero-order chi connectivity index (χ0) is 26.6. The highest BCUT2D eigenvalue weighted by molar-refractivity contribution is 6.29. The first-order valence-electron chi connectivity index (χ1n) is 12.9. The summed E-state index contributed by atoms with van der Waals surface area (Å²) in [6.45, 7) is 0. The Morgan fingerprint density at radius 2 is 1.23 bits per heavy atom. The number of hydrogen-bond acceptors (Lipinski definition) is 5. The van der Waals surface area contributed by atoms with E-state index >= 15 is 0 Å². The molecule has 0 unspecified atom stereocenters. The standard InChI is InChI=1S/C34H19ClN4O/c35-34-38-30(32-31(39-34)26-10-4-6-12-28(26)40-32)21-14-16-22(17-15-21)33-36-27-11-5-3-9-25(27)29(37-33)24-18-13-20-7-1-2-8-23(20)19-24/h1-19H. The maximum Gasteiger partial charge on any atom is 0.223 e. The Hall–Kier alpha value is -5.13. The van der Waals surface area contributed by atoms with Crippen LogP contribution in [0, 0.1) is 0 Å². The van der Waals surface area contributed by atoms with Gasteiger partial charge in [-0.15, -0.1) is 0 Å². The summed E-state index contributed by atoms with van der Waals surface area (Å²) in [7, 11) is 0. The fraction of sp³-hybridized carbons (Fsp3) is 0. The molecule has 0 saturated carbocycles. The first kappa shape index (κ1) is 22.8. The second-order valence-electron chi connectivity index (χ2n) is 9.67. The predicted molar refractivity (Wildman–Crippen MR) is 161 cm³/mol. The molecule has 0 bridgehead atoms. The van der Waals surface area contributed by atoms with E-state index in [0.717, 1.165) is 44.3 Å². The molecule has 6 heteroatoms. The molecule has 0 amide bonds. The summed E-state index contributed by atoms with van der Waals surface area (Å²) >= 11 is 6.34. The van der Waals surface area contributed by atoms with Gasteiger partial charge in [0.25, 0.3) is 0 Å². The van der Waals surface area contributed by atoms with E-state index in [1.54, 1.807) is 0 Å². The Balaban J connectivity index is 1.26. The number of para-hydroxylation sites is 2. The number of furan rings is 1. The van der Waals surface area contributed by atoms with Crippen molar-refractivity contribution >= 4 is 55.3 Å². The lowest BCUT2D eigenvalue weighted by Gasteiger charge is -2.11. The summed E-state index contributed by atoms with van der Waals surface area (Å²) in [6.07, 6.45) is 0. The number of nitrogens with zero attached hydrogens (tertiary/aromatic N) is 4. The van der Waals surface area contributed by atoms with Crippen molar-refractivity contribution in [3.05, 3.63) is 121 Å². The zero-order valence-corrected chi connectivity index (χ0v) is 21.8. The molecule has 0 aliphatic heterocycles. The van der Waals surface area contributed by atoms with E-state index in [1.807, 2.05) is 66.7 Å². The summed E-state index contributed by atoms with van der Waals surface area (Å²) in [5.41, 5.74) is 7.33. The SMILES string of the molecule is Clc1nc(-c2ccc(-c3nc(-c4ccc5ccccc5c4)c4ccccc4n3)cc2)c2oc3ccccc3c2n1. The highest BCUT2D eigenvalue weighted by atomic mass is 35.5. The molecule has 0 aliphatic rings. The van der Waals surface area contributed by atoms with Crippen LogP contribution >= 0.6 is 11.6 Å². The molecular formula is C34H19ClN4O. The van der Waals surface area contributed by atoms with Crippen LogP contribution < -0.4 is 0 Å². The van der Waals surface area contributed by atoms with Crippen molar-refractivity contribution in [2.75, 3.05) is 0 Å². The van der Waals surface area contributed by atoms with E-state index in [9.17, 15) is 0 Å². The molecule has 0 fully saturated rings. The zero-order valence-electron chi connectivity index (χ0n) is 21.0. The third-order valence-corrected chi connectivity index (χ3v) is 7.40. The van der Waals surface area contributed by atoms with Crippen LogP contribution in [0.3, 0.4) is 0 Å². The van der Waals surface area contributed by atoms with Crippen LogP contribution in [0.1, 0.15) is 0 Å². The van der Waals surface area contributed by atoms with Crippen LogP contribution in [0.4, 0.5) is 0 Å². The summed E-state index contributed by atoms with van der Waals surface area (Å²) in [6, 6.07) is 38.7. The van der Waals surface area contributed by atoms with Crippen molar-refractivity contribution in [3.63, 3.8) is 0 Å². The van der Waals surface area contributed by atoms with Gasteiger partial charge in [0.1, 0.15) is 16.8 Å². The van der Waals surface area contributed by atoms with Crippen molar-refractivity contribution in [2.24, 2.45) is 0 Å². The highest BCUT2D eigenvalue weighted by Gasteiger charge is 2.17. The molecule has 0 N–H and O–H groups in total. The number of halogens is 1. The van der Waals surface area contributed by atoms with Gasteiger partial charge in [0.2, 0.25) is 5.28 Å². The monoisotopic (exact) mass is 534 g/mol. The topological polar surface area (TPSA) is 64.7 Å². The normalized spacial score (nSPS) is 11.6. The molecular weight excluding hydrogens is 516 g/mol. The number of benzene rings is 5. The Labute approximate surface area is 233 Å². The third-order valence-electron chi connectivity index (χ3n) is 7.24. The average molecular weight is 535 g/mol. The lowest BCUT2D eigenvalue weighted by molar-refractivity contribution is 0.667. The first-order chi connectivity index (χ1) is 19.7. The largest absolute Gasteiger partial charge is 0.452 e. The molecule has 5 aromatic carbocycles. The molecule has 5 nitrogen and oxygen atoms in total. The van der Waals surface area contributed by atoms with Crippen LogP contribution in [0.2, 0.25) is 5.28 Å². The van der Waals surface area contributed by atoms with E-state index in [0.29, 0.717) is 22.6 Å². The molecule has 3 heterocycles. The molecule has 40 heavy (non-hydrogen) atoms. The summed E-state index contributed by atoms with van der Waals surface area (Å²) < 4.78 is 6.14. The molecule has 0 radical (unpaired) electrons. The molecule has 8 rings (SSSR count). The van der Waals surface area contributed by atoms with Crippen LogP contribution in [-0.4, -0.2) is 19.9 Å². The van der Waals surface area contributed by atoms with Crippen molar-refractivity contribution in [2.45, 2.75) is 0 Å². The van der Waals surface area contributed by atoms with Crippen LogP contribution in [0.5, 0.6) is 0 Å². The fourth-order valence-electron chi connectivity index (χ4n) is 5.30. The molecule has 0 aliphatic carbocycles. The van der Waals surface area contributed by atoms with Crippen molar-refractivity contribution in [3.8, 4) is 33.9 Å². The summed E-state index contributed by atoms with van der Waals surface area (Å²) in [4.78, 5) is 18.9. The molecule has 3 aromatic heterocycles. The van der Waals surface area contributed by atoms with Crippen molar-refractivity contribution in [1.29, 1.82) is 0 Å². The van der Waals surface area contributed by atoms with Gasteiger partial charge in [0.15, 0.2) is 11.4 Å². The lowest BCUT2D eigenvalue weighted by Crippen LogP contribution is -1.95. The van der Waals surface area contributed by atoms with Gasteiger partial charge < -0.3 is 4.42 Å². The van der Waals surface area contributed by atoms with Crippen molar-refractivity contribution < 1.29 is 4.42 Å². The molecule has 188 valence electrons. The summed E-state index contributed by atoms with van der Waals surface area (Å²) in [5.74, 6) is 0.656. The van der Waals surface area contributed by atoms with E-state index in [4.69, 9.17) is 26.0 Å².